The third-order valence-corrected chi connectivity index (χ3v) is 4.47. The fourth-order valence-electron chi connectivity index (χ4n) is 2.99. The second-order valence-corrected chi connectivity index (χ2v) is 6.71. The van der Waals surface area contributed by atoms with Crippen molar-refractivity contribution >= 4 is 11.7 Å². The standard InChI is InChI=1S/C23H26N4O2/c1-17-26-21(16-22(27-17)24-13-11-18-7-4-3-5-8-18)23(28)25-14-12-19-9-6-10-20(15-19)29-2/h3-10,15-16H,11-14H2,1-2H3,(H,25,28)(H,24,26,27). The van der Waals surface area contributed by atoms with Gasteiger partial charge in [-0.25, -0.2) is 9.97 Å². The molecule has 0 unspecified atom stereocenters. The molecule has 6 nitrogen and oxygen atoms in total. The molecule has 2 aromatic carbocycles. The van der Waals surface area contributed by atoms with Crippen LogP contribution in [-0.4, -0.2) is 36.1 Å². The number of nitrogens with one attached hydrogen (secondary N) is 2. The summed E-state index contributed by atoms with van der Waals surface area (Å²) in [6.07, 6.45) is 1.60. The van der Waals surface area contributed by atoms with Crippen LogP contribution in [0.4, 0.5) is 5.82 Å². The predicted octanol–water partition coefficient (Wildman–Crippen LogP) is 3.42. The van der Waals surface area contributed by atoms with E-state index in [0.29, 0.717) is 23.9 Å². The summed E-state index contributed by atoms with van der Waals surface area (Å²) in [4.78, 5) is 21.2. The van der Waals surface area contributed by atoms with Crippen LogP contribution in [0.1, 0.15) is 27.4 Å². The highest BCUT2D eigenvalue weighted by atomic mass is 16.5. The van der Waals surface area contributed by atoms with Crippen molar-refractivity contribution < 1.29 is 9.53 Å². The third kappa shape index (κ3) is 6.31. The van der Waals surface area contributed by atoms with E-state index in [1.54, 1.807) is 20.1 Å². The van der Waals surface area contributed by atoms with Gasteiger partial charge in [0.1, 0.15) is 23.1 Å². The molecule has 0 aliphatic carbocycles. The fraction of sp³-hybridized carbons (Fsp3) is 0.261. The first kappa shape index (κ1) is 20.3. The number of carbonyl (C=O) groups excluding carboxylic acids is 1. The van der Waals surface area contributed by atoms with Crippen LogP contribution in [0, 0.1) is 6.92 Å². The van der Waals surface area contributed by atoms with Crippen molar-refractivity contribution in [3.05, 3.63) is 83.3 Å². The summed E-state index contributed by atoms with van der Waals surface area (Å²) in [5.74, 6) is 1.83. The molecular weight excluding hydrogens is 364 g/mol. The minimum Gasteiger partial charge on any atom is -0.497 e. The first-order chi connectivity index (χ1) is 14.1. The number of aromatic nitrogens is 2. The van der Waals surface area contributed by atoms with Gasteiger partial charge >= 0.3 is 0 Å². The van der Waals surface area contributed by atoms with Gasteiger partial charge in [0.25, 0.3) is 5.91 Å². The molecule has 0 fully saturated rings. The van der Waals surface area contributed by atoms with Crippen LogP contribution in [0.2, 0.25) is 0 Å². The maximum absolute atomic E-state index is 12.5. The number of ether oxygens (including phenoxy) is 1. The second kappa shape index (κ2) is 10.2. The average molecular weight is 390 g/mol. The number of benzene rings is 2. The highest BCUT2D eigenvalue weighted by Crippen LogP contribution is 2.13. The largest absolute Gasteiger partial charge is 0.497 e. The zero-order valence-electron chi connectivity index (χ0n) is 16.8. The molecule has 150 valence electrons. The molecule has 0 saturated heterocycles. The molecule has 3 rings (SSSR count). The quantitative estimate of drug-likeness (QED) is 0.585. The Balaban J connectivity index is 1.53. The monoisotopic (exact) mass is 390 g/mol. The Labute approximate surface area is 171 Å². The second-order valence-electron chi connectivity index (χ2n) is 6.71. The number of anilines is 1. The first-order valence-electron chi connectivity index (χ1n) is 9.68. The number of rotatable bonds is 9. The van der Waals surface area contributed by atoms with Crippen molar-refractivity contribution in [3.63, 3.8) is 0 Å². The topological polar surface area (TPSA) is 76.1 Å². The van der Waals surface area contributed by atoms with Crippen molar-refractivity contribution in [3.8, 4) is 5.75 Å². The highest BCUT2D eigenvalue weighted by molar-refractivity contribution is 5.92. The third-order valence-electron chi connectivity index (χ3n) is 4.47. The van der Waals surface area contributed by atoms with Gasteiger partial charge in [-0.05, 0) is 43.0 Å². The van der Waals surface area contributed by atoms with E-state index in [-0.39, 0.29) is 5.91 Å². The van der Waals surface area contributed by atoms with Crippen LogP contribution in [0.25, 0.3) is 0 Å². The number of hydrogen-bond donors (Lipinski definition) is 2. The number of aryl methyl sites for hydroxylation is 1. The van der Waals surface area contributed by atoms with Gasteiger partial charge in [0, 0.05) is 19.2 Å². The van der Waals surface area contributed by atoms with E-state index in [0.717, 1.165) is 30.7 Å². The lowest BCUT2D eigenvalue weighted by atomic mass is 10.1. The Morgan fingerprint density at radius 3 is 2.48 bits per heavy atom. The average Bonchev–Trinajstić information content (AvgIpc) is 2.74. The zero-order valence-corrected chi connectivity index (χ0v) is 16.8. The Morgan fingerprint density at radius 2 is 1.69 bits per heavy atom. The number of methoxy groups -OCH3 is 1. The van der Waals surface area contributed by atoms with Crippen LogP contribution in [0.5, 0.6) is 5.75 Å². The molecule has 0 aliphatic heterocycles. The van der Waals surface area contributed by atoms with Crippen molar-refractivity contribution in [1.82, 2.24) is 15.3 Å². The molecule has 0 saturated carbocycles. The Bertz CT molecular complexity index is 945. The van der Waals surface area contributed by atoms with Crippen molar-refractivity contribution in [1.29, 1.82) is 0 Å². The summed E-state index contributed by atoms with van der Waals surface area (Å²) < 4.78 is 5.23. The summed E-state index contributed by atoms with van der Waals surface area (Å²) in [6.45, 7) is 3.04. The minimum atomic E-state index is -0.204. The van der Waals surface area contributed by atoms with E-state index in [1.807, 2.05) is 42.5 Å². The summed E-state index contributed by atoms with van der Waals surface area (Å²) in [5, 5.41) is 6.20. The normalized spacial score (nSPS) is 10.4. The molecule has 6 heteroatoms. The van der Waals surface area contributed by atoms with E-state index >= 15 is 0 Å². The lowest BCUT2D eigenvalue weighted by molar-refractivity contribution is 0.0949. The zero-order chi connectivity index (χ0) is 20.5. The molecule has 0 bridgehead atoms. The maximum atomic E-state index is 12.5. The van der Waals surface area contributed by atoms with E-state index in [1.165, 1.54) is 5.56 Å². The van der Waals surface area contributed by atoms with Gasteiger partial charge in [-0.3, -0.25) is 4.79 Å². The molecular formula is C23H26N4O2. The molecule has 0 spiro atoms. The van der Waals surface area contributed by atoms with Gasteiger partial charge in [-0.2, -0.15) is 0 Å². The molecule has 1 heterocycles. The summed E-state index contributed by atoms with van der Waals surface area (Å²) >= 11 is 0. The summed E-state index contributed by atoms with van der Waals surface area (Å²) in [6, 6.07) is 19.8. The molecule has 1 amide bonds. The molecule has 1 aromatic heterocycles. The van der Waals surface area contributed by atoms with Crippen LogP contribution in [-0.2, 0) is 12.8 Å². The minimum absolute atomic E-state index is 0.204. The van der Waals surface area contributed by atoms with Crippen LogP contribution in [0.15, 0.2) is 60.7 Å². The van der Waals surface area contributed by atoms with Gasteiger partial charge in [-0.1, -0.05) is 42.5 Å². The van der Waals surface area contributed by atoms with E-state index in [2.05, 4.69) is 32.7 Å². The Kier molecular flexibility index (Phi) is 7.16. The van der Waals surface area contributed by atoms with Crippen LogP contribution in [0.3, 0.4) is 0 Å². The number of nitrogens with zero attached hydrogens (tertiary/aromatic N) is 2. The van der Waals surface area contributed by atoms with Gasteiger partial charge in [0.15, 0.2) is 0 Å². The number of carbonyl (C=O) groups is 1. The van der Waals surface area contributed by atoms with Crippen LogP contribution >= 0.6 is 0 Å². The molecule has 0 aliphatic rings. The van der Waals surface area contributed by atoms with Crippen molar-refractivity contribution in [2.45, 2.75) is 19.8 Å². The molecule has 29 heavy (non-hydrogen) atoms. The fourth-order valence-corrected chi connectivity index (χ4v) is 2.99. The smallest absolute Gasteiger partial charge is 0.270 e. The molecule has 2 N–H and O–H groups in total. The Hall–Kier alpha value is -3.41. The lowest BCUT2D eigenvalue weighted by Gasteiger charge is -2.10. The SMILES string of the molecule is COc1cccc(CCNC(=O)c2cc(NCCc3ccccc3)nc(C)n2)c1. The van der Waals surface area contributed by atoms with E-state index < -0.39 is 0 Å². The molecule has 3 aromatic rings. The van der Waals surface area contributed by atoms with Gasteiger partial charge < -0.3 is 15.4 Å². The number of amides is 1. The lowest BCUT2D eigenvalue weighted by Crippen LogP contribution is -2.27. The number of hydrogen-bond acceptors (Lipinski definition) is 5. The van der Waals surface area contributed by atoms with Gasteiger partial charge in [0.2, 0.25) is 0 Å². The van der Waals surface area contributed by atoms with E-state index in [9.17, 15) is 4.79 Å². The van der Waals surface area contributed by atoms with E-state index in [4.69, 9.17) is 4.74 Å². The maximum Gasteiger partial charge on any atom is 0.270 e. The van der Waals surface area contributed by atoms with Gasteiger partial charge in [0.05, 0.1) is 7.11 Å². The van der Waals surface area contributed by atoms with Crippen LogP contribution < -0.4 is 15.4 Å². The summed E-state index contributed by atoms with van der Waals surface area (Å²) in [7, 11) is 1.64. The first-order valence-corrected chi connectivity index (χ1v) is 9.68. The van der Waals surface area contributed by atoms with Crippen molar-refractivity contribution in [2.75, 3.05) is 25.5 Å². The highest BCUT2D eigenvalue weighted by Gasteiger charge is 2.10. The molecule has 0 radical (unpaired) electrons. The molecule has 0 atom stereocenters. The van der Waals surface area contributed by atoms with Gasteiger partial charge in [-0.15, -0.1) is 0 Å². The Morgan fingerprint density at radius 1 is 0.931 bits per heavy atom. The summed E-state index contributed by atoms with van der Waals surface area (Å²) in [5.41, 5.74) is 2.72. The predicted molar refractivity (Wildman–Crippen MR) is 114 cm³/mol. The van der Waals surface area contributed by atoms with Crippen molar-refractivity contribution in [2.24, 2.45) is 0 Å².